The summed E-state index contributed by atoms with van der Waals surface area (Å²) in [6, 6.07) is 0.297. The molecule has 102 valence electrons. The molecule has 0 aliphatic heterocycles. The van der Waals surface area contributed by atoms with Gasteiger partial charge in [0.1, 0.15) is 0 Å². The molecule has 0 saturated heterocycles. The van der Waals surface area contributed by atoms with Gasteiger partial charge >= 0.3 is 0 Å². The lowest BCUT2D eigenvalue weighted by Gasteiger charge is -2.31. The number of hydrogen-bond donors (Lipinski definition) is 1. The Balaban J connectivity index is 2.35. The van der Waals surface area contributed by atoms with Gasteiger partial charge in [-0.1, -0.05) is 12.8 Å². The van der Waals surface area contributed by atoms with Gasteiger partial charge in [-0.25, -0.2) is 12.7 Å². The molecule has 17 heavy (non-hydrogen) atoms. The molecule has 1 N–H and O–H groups in total. The lowest BCUT2D eigenvalue weighted by molar-refractivity contribution is 0.0426. The van der Waals surface area contributed by atoms with Crippen LogP contribution in [0.4, 0.5) is 0 Å². The molecule has 2 unspecified atom stereocenters. The van der Waals surface area contributed by atoms with Crippen molar-refractivity contribution in [1.29, 1.82) is 0 Å². The first-order valence-corrected chi connectivity index (χ1v) is 7.74. The molecule has 2 atom stereocenters. The highest BCUT2D eigenvalue weighted by Gasteiger charge is 2.24. The molecule has 0 radical (unpaired) electrons. The summed E-state index contributed by atoms with van der Waals surface area (Å²) in [6.07, 6.45) is 4.76. The second-order valence-corrected chi connectivity index (χ2v) is 7.02. The molecule has 5 nitrogen and oxygen atoms in total. The van der Waals surface area contributed by atoms with Crippen LogP contribution in [-0.4, -0.2) is 58.4 Å². The van der Waals surface area contributed by atoms with Crippen molar-refractivity contribution in [1.82, 2.24) is 9.62 Å². The highest BCUT2D eigenvalue weighted by Crippen LogP contribution is 2.20. The third-order valence-electron chi connectivity index (χ3n) is 3.33. The fraction of sp³-hybridized carbons (Fsp3) is 1.00. The van der Waals surface area contributed by atoms with E-state index in [4.69, 9.17) is 4.74 Å². The fourth-order valence-corrected chi connectivity index (χ4v) is 2.91. The standard InChI is InChI=1S/C11H24N2O3S/c1-13(2)17(14,15)9-8-12-10-6-4-5-7-11(10)16-3/h10-12H,4-9H2,1-3H3. The van der Waals surface area contributed by atoms with Crippen LogP contribution in [0.1, 0.15) is 25.7 Å². The first kappa shape index (κ1) is 14.9. The molecule has 6 heteroatoms. The molecule has 0 aromatic heterocycles. The maximum atomic E-state index is 11.6. The highest BCUT2D eigenvalue weighted by molar-refractivity contribution is 7.89. The van der Waals surface area contributed by atoms with Gasteiger partial charge in [-0.2, -0.15) is 0 Å². The maximum Gasteiger partial charge on any atom is 0.214 e. The molecule has 1 rings (SSSR count). The summed E-state index contributed by atoms with van der Waals surface area (Å²) in [4.78, 5) is 0. The van der Waals surface area contributed by atoms with Crippen molar-refractivity contribution in [3.05, 3.63) is 0 Å². The van der Waals surface area contributed by atoms with E-state index in [1.54, 1.807) is 21.2 Å². The number of methoxy groups -OCH3 is 1. The summed E-state index contributed by atoms with van der Waals surface area (Å²) in [7, 11) is 1.76. The molecule has 1 saturated carbocycles. The van der Waals surface area contributed by atoms with E-state index in [9.17, 15) is 8.42 Å². The number of nitrogens with one attached hydrogen (secondary N) is 1. The summed E-state index contributed by atoms with van der Waals surface area (Å²) >= 11 is 0. The zero-order chi connectivity index (χ0) is 12.9. The Morgan fingerprint density at radius 2 is 1.94 bits per heavy atom. The maximum absolute atomic E-state index is 11.6. The minimum Gasteiger partial charge on any atom is -0.380 e. The van der Waals surface area contributed by atoms with Crippen LogP contribution in [0, 0.1) is 0 Å². The summed E-state index contributed by atoms with van der Waals surface area (Å²) in [6.45, 7) is 0.491. The van der Waals surface area contributed by atoms with Gasteiger partial charge in [0.05, 0.1) is 11.9 Å². The molecule has 0 aromatic rings. The second kappa shape index (κ2) is 6.68. The Kier molecular flexibility index (Phi) is 5.85. The average Bonchev–Trinajstić information content (AvgIpc) is 2.29. The van der Waals surface area contributed by atoms with E-state index in [1.807, 2.05) is 0 Å². The van der Waals surface area contributed by atoms with Crippen molar-refractivity contribution in [2.75, 3.05) is 33.5 Å². The molecular formula is C11H24N2O3S. The summed E-state index contributed by atoms with van der Waals surface area (Å²) < 4.78 is 29.8. The minimum atomic E-state index is -3.09. The Hall–Kier alpha value is -0.170. The van der Waals surface area contributed by atoms with Crippen molar-refractivity contribution in [2.24, 2.45) is 0 Å². The third kappa shape index (κ3) is 4.54. The van der Waals surface area contributed by atoms with Gasteiger partial charge in [-0.15, -0.1) is 0 Å². The monoisotopic (exact) mass is 264 g/mol. The Morgan fingerprint density at radius 3 is 2.53 bits per heavy atom. The topological polar surface area (TPSA) is 58.6 Å². The van der Waals surface area contributed by atoms with Crippen LogP contribution in [0.5, 0.6) is 0 Å². The van der Waals surface area contributed by atoms with Gasteiger partial charge in [0.25, 0.3) is 0 Å². The van der Waals surface area contributed by atoms with E-state index in [0.717, 1.165) is 12.8 Å². The van der Waals surface area contributed by atoms with E-state index >= 15 is 0 Å². The lowest BCUT2D eigenvalue weighted by Crippen LogP contribution is -2.45. The van der Waals surface area contributed by atoms with E-state index in [-0.39, 0.29) is 11.9 Å². The zero-order valence-electron chi connectivity index (χ0n) is 11.0. The van der Waals surface area contributed by atoms with Crippen molar-refractivity contribution in [3.8, 4) is 0 Å². The number of nitrogens with zero attached hydrogens (tertiary/aromatic N) is 1. The molecule has 0 bridgehead atoms. The molecule has 0 spiro atoms. The van der Waals surface area contributed by atoms with Crippen LogP contribution < -0.4 is 5.32 Å². The fourth-order valence-electron chi connectivity index (χ4n) is 2.17. The molecule has 0 aromatic carbocycles. The number of sulfonamides is 1. The third-order valence-corrected chi connectivity index (χ3v) is 5.16. The molecule has 0 heterocycles. The van der Waals surface area contributed by atoms with E-state index in [2.05, 4.69) is 5.32 Å². The zero-order valence-corrected chi connectivity index (χ0v) is 11.8. The first-order valence-electron chi connectivity index (χ1n) is 6.14. The quantitative estimate of drug-likeness (QED) is 0.755. The van der Waals surface area contributed by atoms with Crippen LogP contribution in [-0.2, 0) is 14.8 Å². The van der Waals surface area contributed by atoms with Crippen molar-refractivity contribution >= 4 is 10.0 Å². The van der Waals surface area contributed by atoms with Gasteiger partial charge in [0.15, 0.2) is 0 Å². The molecule has 0 amide bonds. The van der Waals surface area contributed by atoms with Gasteiger partial charge in [-0.3, -0.25) is 0 Å². The Bertz CT molecular complexity index is 317. The van der Waals surface area contributed by atoms with E-state index < -0.39 is 10.0 Å². The average molecular weight is 264 g/mol. The summed E-state index contributed by atoms with van der Waals surface area (Å²) in [5.74, 6) is 0.146. The molecule has 1 aliphatic carbocycles. The predicted octanol–water partition coefficient (Wildman–Crippen LogP) is 0.425. The Morgan fingerprint density at radius 1 is 1.29 bits per heavy atom. The van der Waals surface area contributed by atoms with Crippen LogP contribution in [0.2, 0.25) is 0 Å². The minimum absolute atomic E-state index is 0.146. The van der Waals surface area contributed by atoms with Gasteiger partial charge in [0, 0.05) is 33.8 Å². The Labute approximate surface area is 105 Å². The predicted molar refractivity (Wildman–Crippen MR) is 68.5 cm³/mol. The van der Waals surface area contributed by atoms with Gasteiger partial charge in [-0.05, 0) is 12.8 Å². The normalized spacial score (nSPS) is 26.4. The first-order chi connectivity index (χ1) is 7.97. The number of ether oxygens (including phenoxy) is 1. The molecule has 1 aliphatic rings. The van der Waals surface area contributed by atoms with E-state index in [1.165, 1.54) is 17.1 Å². The summed E-state index contributed by atoms with van der Waals surface area (Å²) in [5, 5.41) is 3.30. The van der Waals surface area contributed by atoms with Crippen molar-refractivity contribution < 1.29 is 13.2 Å². The van der Waals surface area contributed by atoms with Crippen LogP contribution in [0.25, 0.3) is 0 Å². The van der Waals surface area contributed by atoms with Gasteiger partial charge in [0.2, 0.25) is 10.0 Å². The molecular weight excluding hydrogens is 240 g/mol. The molecule has 1 fully saturated rings. The SMILES string of the molecule is COC1CCCCC1NCCS(=O)(=O)N(C)C. The summed E-state index contributed by atoms with van der Waals surface area (Å²) in [5.41, 5.74) is 0. The van der Waals surface area contributed by atoms with Crippen LogP contribution in [0.15, 0.2) is 0 Å². The van der Waals surface area contributed by atoms with Crippen LogP contribution >= 0.6 is 0 Å². The number of hydrogen-bond acceptors (Lipinski definition) is 4. The lowest BCUT2D eigenvalue weighted by atomic mass is 9.92. The van der Waals surface area contributed by atoms with Crippen LogP contribution in [0.3, 0.4) is 0 Å². The highest BCUT2D eigenvalue weighted by atomic mass is 32.2. The second-order valence-electron chi connectivity index (χ2n) is 4.72. The van der Waals surface area contributed by atoms with E-state index in [0.29, 0.717) is 12.6 Å². The van der Waals surface area contributed by atoms with Gasteiger partial charge < -0.3 is 10.1 Å². The van der Waals surface area contributed by atoms with Crippen molar-refractivity contribution in [3.63, 3.8) is 0 Å². The van der Waals surface area contributed by atoms with Crippen molar-refractivity contribution in [2.45, 2.75) is 37.8 Å². The smallest absolute Gasteiger partial charge is 0.214 e. The number of rotatable bonds is 6. The largest absolute Gasteiger partial charge is 0.380 e.